The van der Waals surface area contributed by atoms with E-state index in [-0.39, 0.29) is 29.3 Å². The number of fused-ring (bicyclic) bond motifs is 3. The van der Waals surface area contributed by atoms with E-state index in [9.17, 15) is 20.1 Å². The Morgan fingerprint density at radius 1 is 1.17 bits per heavy atom. The first-order valence-electron chi connectivity index (χ1n) is 9.53. The summed E-state index contributed by atoms with van der Waals surface area (Å²) in [5, 5.41) is 30.7. The molecule has 7 atom stereocenters. The lowest BCUT2D eigenvalue weighted by Crippen LogP contribution is -2.61. The molecular formula is C20H30O4. The number of aliphatic carboxylic acids is 1. The predicted octanol–water partition coefficient (Wildman–Crippen LogP) is 2.98. The second kappa shape index (κ2) is 5.07. The Morgan fingerprint density at radius 2 is 1.92 bits per heavy atom. The van der Waals surface area contributed by atoms with Crippen molar-refractivity contribution in [3.8, 4) is 0 Å². The average Bonchev–Trinajstić information content (AvgIpc) is 2.70. The molecule has 4 aliphatic carbocycles. The fourth-order valence-corrected chi connectivity index (χ4v) is 7.51. The highest BCUT2D eigenvalue weighted by Crippen LogP contribution is 2.70. The van der Waals surface area contributed by atoms with Gasteiger partial charge in [-0.05, 0) is 68.3 Å². The Kier molecular flexibility index (Phi) is 3.51. The summed E-state index contributed by atoms with van der Waals surface area (Å²) in [6.07, 6.45) is 8.30. The van der Waals surface area contributed by atoms with Gasteiger partial charge in [-0.2, -0.15) is 0 Å². The van der Waals surface area contributed by atoms with Gasteiger partial charge in [-0.25, -0.2) is 0 Å². The van der Waals surface area contributed by atoms with Gasteiger partial charge in [0.2, 0.25) is 0 Å². The molecule has 2 bridgehead atoms. The molecule has 134 valence electrons. The SMILES string of the molecule is C[C@@]12CCC[C@@](C)(C(=O)O)[C@H]1CC[C@]13C=C(CO)[C@H](CC[C@@H]21)[C@H]3O. The van der Waals surface area contributed by atoms with Crippen LogP contribution in [0.25, 0.3) is 0 Å². The summed E-state index contributed by atoms with van der Waals surface area (Å²) in [4.78, 5) is 12.1. The van der Waals surface area contributed by atoms with Gasteiger partial charge in [0.25, 0.3) is 0 Å². The minimum atomic E-state index is -0.651. The number of aliphatic hydroxyl groups is 2. The fraction of sp³-hybridized carbons (Fsp3) is 0.850. The summed E-state index contributed by atoms with van der Waals surface area (Å²) in [7, 11) is 0. The van der Waals surface area contributed by atoms with Crippen molar-refractivity contribution in [2.45, 2.75) is 64.9 Å². The molecule has 4 rings (SSSR count). The van der Waals surface area contributed by atoms with E-state index in [2.05, 4.69) is 13.0 Å². The van der Waals surface area contributed by atoms with E-state index in [4.69, 9.17) is 0 Å². The molecule has 4 heteroatoms. The van der Waals surface area contributed by atoms with Crippen LogP contribution >= 0.6 is 0 Å². The van der Waals surface area contributed by atoms with Crippen molar-refractivity contribution in [1.29, 1.82) is 0 Å². The molecule has 3 N–H and O–H groups in total. The van der Waals surface area contributed by atoms with Gasteiger partial charge in [-0.3, -0.25) is 4.79 Å². The number of carbonyl (C=O) groups is 1. The van der Waals surface area contributed by atoms with E-state index < -0.39 is 17.5 Å². The topological polar surface area (TPSA) is 77.8 Å². The molecule has 3 fully saturated rings. The maximum atomic E-state index is 12.1. The van der Waals surface area contributed by atoms with E-state index in [1.807, 2.05) is 6.92 Å². The van der Waals surface area contributed by atoms with Crippen LogP contribution in [0.1, 0.15) is 58.8 Å². The molecule has 0 aromatic heterocycles. The maximum absolute atomic E-state index is 12.1. The van der Waals surface area contributed by atoms with Crippen molar-refractivity contribution in [3.63, 3.8) is 0 Å². The van der Waals surface area contributed by atoms with E-state index in [1.54, 1.807) is 0 Å². The summed E-state index contributed by atoms with van der Waals surface area (Å²) in [5.41, 5.74) is 0.113. The fourth-order valence-electron chi connectivity index (χ4n) is 7.51. The monoisotopic (exact) mass is 334 g/mol. The van der Waals surface area contributed by atoms with Gasteiger partial charge in [-0.1, -0.05) is 19.4 Å². The minimum Gasteiger partial charge on any atom is -0.481 e. The zero-order valence-corrected chi connectivity index (χ0v) is 14.8. The normalized spacial score (nSPS) is 53.1. The first-order chi connectivity index (χ1) is 11.3. The smallest absolute Gasteiger partial charge is 0.309 e. The Bertz CT molecular complexity index is 598. The Labute approximate surface area is 144 Å². The van der Waals surface area contributed by atoms with Gasteiger partial charge >= 0.3 is 5.97 Å². The summed E-state index contributed by atoms with van der Waals surface area (Å²) >= 11 is 0. The molecule has 4 nitrogen and oxygen atoms in total. The molecule has 0 aromatic rings. The second-order valence-corrected chi connectivity index (χ2v) is 9.34. The standard InChI is InChI=1S/C20H30O4/c1-18-7-3-8-19(2,17(23)24)14(18)6-9-20-10-12(11-21)13(16(20)22)4-5-15(18)20/h10,13-16,21-22H,3-9,11H2,1-2H3,(H,23,24)/t13-,14-,15-,16+,18+,19+,20-/m0/s1. The van der Waals surface area contributed by atoms with Crippen LogP contribution in [0.3, 0.4) is 0 Å². The molecule has 4 aliphatic rings. The van der Waals surface area contributed by atoms with Crippen LogP contribution in [0.2, 0.25) is 0 Å². The van der Waals surface area contributed by atoms with Crippen LogP contribution < -0.4 is 0 Å². The maximum Gasteiger partial charge on any atom is 0.309 e. The average molecular weight is 334 g/mol. The van der Waals surface area contributed by atoms with E-state index in [0.29, 0.717) is 5.92 Å². The second-order valence-electron chi connectivity index (χ2n) is 9.34. The molecule has 3 saturated carbocycles. The number of carboxylic acid groups (broad SMARTS) is 1. The Morgan fingerprint density at radius 3 is 2.58 bits per heavy atom. The van der Waals surface area contributed by atoms with Crippen molar-refractivity contribution in [2.75, 3.05) is 6.61 Å². The quantitative estimate of drug-likeness (QED) is 0.679. The Hall–Kier alpha value is -0.870. The van der Waals surface area contributed by atoms with Gasteiger partial charge in [0, 0.05) is 11.3 Å². The highest BCUT2D eigenvalue weighted by atomic mass is 16.4. The van der Waals surface area contributed by atoms with Crippen molar-refractivity contribution in [3.05, 3.63) is 11.6 Å². The van der Waals surface area contributed by atoms with Crippen LogP contribution in [-0.2, 0) is 4.79 Å². The number of hydrogen-bond acceptors (Lipinski definition) is 3. The van der Waals surface area contributed by atoms with E-state index >= 15 is 0 Å². The van der Waals surface area contributed by atoms with Crippen LogP contribution in [0.4, 0.5) is 0 Å². The number of aliphatic hydroxyl groups excluding tert-OH is 2. The molecule has 0 saturated heterocycles. The lowest BCUT2D eigenvalue weighted by molar-refractivity contribution is -0.191. The van der Waals surface area contributed by atoms with E-state index in [1.165, 1.54) is 0 Å². The van der Waals surface area contributed by atoms with Gasteiger partial charge in [0.05, 0.1) is 18.1 Å². The molecule has 0 amide bonds. The molecule has 0 aromatic carbocycles. The molecule has 0 radical (unpaired) electrons. The summed E-state index contributed by atoms with van der Waals surface area (Å²) in [5.74, 6) is -0.0253. The van der Waals surface area contributed by atoms with Crippen LogP contribution in [0.15, 0.2) is 11.6 Å². The highest BCUT2D eigenvalue weighted by Gasteiger charge is 2.67. The molecule has 1 spiro atoms. The van der Waals surface area contributed by atoms with Crippen molar-refractivity contribution in [1.82, 2.24) is 0 Å². The summed E-state index contributed by atoms with van der Waals surface area (Å²) in [6.45, 7) is 4.28. The minimum absolute atomic E-state index is 0.0308. The van der Waals surface area contributed by atoms with E-state index in [0.717, 1.165) is 50.5 Å². The zero-order valence-electron chi connectivity index (χ0n) is 14.8. The van der Waals surface area contributed by atoms with Crippen molar-refractivity contribution < 1.29 is 20.1 Å². The summed E-state index contributed by atoms with van der Waals surface area (Å²) in [6, 6.07) is 0. The molecule has 24 heavy (non-hydrogen) atoms. The van der Waals surface area contributed by atoms with Crippen molar-refractivity contribution >= 4 is 5.97 Å². The summed E-state index contributed by atoms with van der Waals surface area (Å²) < 4.78 is 0. The largest absolute Gasteiger partial charge is 0.481 e. The lowest BCUT2D eigenvalue weighted by atomic mass is 9.40. The van der Waals surface area contributed by atoms with Crippen LogP contribution in [-0.4, -0.2) is 34.0 Å². The first kappa shape index (κ1) is 16.6. The lowest BCUT2D eigenvalue weighted by Gasteiger charge is -2.64. The van der Waals surface area contributed by atoms with Crippen LogP contribution in [0.5, 0.6) is 0 Å². The molecular weight excluding hydrogens is 304 g/mol. The third kappa shape index (κ3) is 1.79. The number of carboxylic acids is 1. The first-order valence-corrected chi connectivity index (χ1v) is 9.53. The molecule has 0 heterocycles. The van der Waals surface area contributed by atoms with Crippen LogP contribution in [0, 0.1) is 34.0 Å². The number of hydrogen-bond donors (Lipinski definition) is 3. The third-order valence-corrected chi connectivity index (χ3v) is 8.59. The number of rotatable bonds is 2. The zero-order chi connectivity index (χ0) is 17.3. The Balaban J connectivity index is 1.78. The molecule has 0 aliphatic heterocycles. The predicted molar refractivity (Wildman–Crippen MR) is 90.2 cm³/mol. The third-order valence-electron chi connectivity index (χ3n) is 8.59. The van der Waals surface area contributed by atoms with Gasteiger partial charge < -0.3 is 15.3 Å². The van der Waals surface area contributed by atoms with Gasteiger partial charge in [0.1, 0.15) is 0 Å². The van der Waals surface area contributed by atoms with Gasteiger partial charge in [-0.15, -0.1) is 0 Å². The van der Waals surface area contributed by atoms with Crippen molar-refractivity contribution in [2.24, 2.45) is 34.0 Å². The highest BCUT2D eigenvalue weighted by molar-refractivity contribution is 5.75. The molecule has 0 unspecified atom stereocenters. The van der Waals surface area contributed by atoms with Gasteiger partial charge in [0.15, 0.2) is 0 Å².